The van der Waals surface area contributed by atoms with E-state index >= 15 is 0 Å². The number of rotatable bonds is 7. The monoisotopic (exact) mass is 418 g/mol. The smallest absolute Gasteiger partial charge is 0.294 e. The first-order valence-corrected chi connectivity index (χ1v) is 11.9. The molecule has 3 rings (SSSR count). The summed E-state index contributed by atoms with van der Waals surface area (Å²) >= 11 is 1.63. The minimum Gasteiger partial charge on any atom is -0.398 e. The molecule has 1 aliphatic rings. The van der Waals surface area contributed by atoms with Gasteiger partial charge in [-0.2, -0.15) is 8.42 Å². The molecule has 0 radical (unpaired) electrons. The SMILES string of the molecule is CCc1cccc(CC2CSC(Cc3c(S(=O)(=O)O)ccc(CC)c3N)=N2)c1. The van der Waals surface area contributed by atoms with Crippen molar-refractivity contribution in [2.24, 2.45) is 4.99 Å². The van der Waals surface area contributed by atoms with Crippen LogP contribution in [0.4, 0.5) is 5.69 Å². The summed E-state index contributed by atoms with van der Waals surface area (Å²) in [5, 5.41) is 0.862. The van der Waals surface area contributed by atoms with Gasteiger partial charge >= 0.3 is 0 Å². The van der Waals surface area contributed by atoms with Crippen LogP contribution in [0.3, 0.4) is 0 Å². The number of thioether (sulfide) groups is 1. The van der Waals surface area contributed by atoms with Gasteiger partial charge in [0.25, 0.3) is 10.1 Å². The number of nitrogen functional groups attached to an aromatic ring is 1. The van der Waals surface area contributed by atoms with Gasteiger partial charge in [-0.05, 0) is 42.0 Å². The summed E-state index contributed by atoms with van der Waals surface area (Å²) in [5.41, 5.74) is 10.5. The second-order valence-corrected chi connectivity index (χ2v) is 9.47. The minimum atomic E-state index is -4.34. The molecule has 0 fully saturated rings. The second-order valence-electron chi connectivity index (χ2n) is 6.99. The Hall–Kier alpha value is -1.83. The maximum Gasteiger partial charge on any atom is 0.294 e. The third-order valence-electron chi connectivity index (χ3n) is 5.03. The summed E-state index contributed by atoms with van der Waals surface area (Å²) in [6.07, 6.45) is 2.89. The fourth-order valence-corrected chi connectivity index (χ4v) is 5.28. The summed E-state index contributed by atoms with van der Waals surface area (Å²) < 4.78 is 33.2. The summed E-state index contributed by atoms with van der Waals surface area (Å²) in [6.45, 7) is 4.10. The van der Waals surface area contributed by atoms with Gasteiger partial charge in [-0.15, -0.1) is 11.8 Å². The zero-order valence-corrected chi connectivity index (χ0v) is 17.8. The van der Waals surface area contributed by atoms with Crippen LogP contribution in [0.25, 0.3) is 0 Å². The highest BCUT2D eigenvalue weighted by atomic mass is 32.2. The van der Waals surface area contributed by atoms with Crippen molar-refractivity contribution in [1.82, 2.24) is 0 Å². The van der Waals surface area contributed by atoms with E-state index in [1.807, 2.05) is 6.92 Å². The van der Waals surface area contributed by atoms with Crippen molar-refractivity contribution in [2.45, 2.75) is 50.5 Å². The van der Waals surface area contributed by atoms with Crippen LogP contribution in [0.2, 0.25) is 0 Å². The predicted molar refractivity (Wildman–Crippen MR) is 117 cm³/mol. The van der Waals surface area contributed by atoms with Gasteiger partial charge in [0.2, 0.25) is 0 Å². The fourth-order valence-electron chi connectivity index (χ4n) is 3.50. The Labute approximate surface area is 171 Å². The number of nitrogens with zero attached hydrogens (tertiary/aromatic N) is 1. The van der Waals surface area contributed by atoms with Gasteiger partial charge in [0.1, 0.15) is 0 Å². The molecule has 2 aromatic carbocycles. The quantitative estimate of drug-likeness (QED) is 0.525. The van der Waals surface area contributed by atoms with Gasteiger partial charge in [0.15, 0.2) is 0 Å². The third-order valence-corrected chi connectivity index (χ3v) is 7.10. The molecular weight excluding hydrogens is 392 g/mol. The van der Waals surface area contributed by atoms with Crippen LogP contribution in [0, 0.1) is 0 Å². The molecule has 1 unspecified atom stereocenters. The average molecular weight is 419 g/mol. The van der Waals surface area contributed by atoms with Gasteiger partial charge in [-0.1, -0.05) is 44.2 Å². The van der Waals surface area contributed by atoms with Crippen molar-refractivity contribution in [3.63, 3.8) is 0 Å². The molecule has 7 heteroatoms. The molecular formula is C21H26N2O3S2. The van der Waals surface area contributed by atoms with E-state index in [1.165, 1.54) is 17.2 Å². The lowest BCUT2D eigenvalue weighted by Gasteiger charge is -2.13. The maximum absolute atomic E-state index is 11.8. The number of hydrogen-bond donors (Lipinski definition) is 2. The number of aryl methyl sites for hydroxylation is 2. The standard InChI is InChI=1S/C21H26N2O3S2/c1-3-14-6-5-7-15(10-14)11-17-13-27-20(23-17)12-18-19(28(24,25)26)9-8-16(4-2)21(18)22/h5-10,17H,3-4,11-13,22H2,1-2H3,(H,24,25,26). The first kappa shape index (κ1) is 20.9. The molecule has 28 heavy (non-hydrogen) atoms. The van der Waals surface area contributed by atoms with Crippen molar-refractivity contribution in [1.29, 1.82) is 0 Å². The van der Waals surface area contributed by atoms with Gasteiger partial charge in [0.05, 0.1) is 16.0 Å². The lowest BCUT2D eigenvalue weighted by molar-refractivity contribution is 0.482. The first-order chi connectivity index (χ1) is 13.3. The normalized spacial score (nSPS) is 17.0. The van der Waals surface area contributed by atoms with Crippen LogP contribution in [0.15, 0.2) is 46.3 Å². The molecule has 1 aliphatic heterocycles. The van der Waals surface area contributed by atoms with E-state index in [9.17, 15) is 13.0 Å². The van der Waals surface area contributed by atoms with Crippen LogP contribution in [-0.4, -0.2) is 29.8 Å². The molecule has 5 nitrogen and oxygen atoms in total. The number of aliphatic imine (C=N–C) groups is 1. The minimum absolute atomic E-state index is 0.121. The molecule has 150 valence electrons. The van der Waals surface area contributed by atoms with E-state index in [2.05, 4.69) is 31.2 Å². The molecule has 0 aliphatic carbocycles. The summed E-state index contributed by atoms with van der Waals surface area (Å²) in [5.74, 6) is 0.861. The Balaban J connectivity index is 1.83. The molecule has 2 aromatic rings. The van der Waals surface area contributed by atoms with Crippen LogP contribution >= 0.6 is 11.8 Å². The third kappa shape index (κ3) is 4.77. The van der Waals surface area contributed by atoms with Gasteiger partial charge in [0, 0.05) is 23.4 Å². The number of nitrogens with two attached hydrogens (primary N) is 1. The number of benzene rings is 2. The molecule has 3 N–H and O–H groups in total. The van der Waals surface area contributed by atoms with Crippen LogP contribution in [0.5, 0.6) is 0 Å². The molecule has 0 spiro atoms. The van der Waals surface area contributed by atoms with Crippen LogP contribution in [-0.2, 0) is 35.8 Å². The summed E-state index contributed by atoms with van der Waals surface area (Å²) in [4.78, 5) is 4.68. The molecule has 0 saturated carbocycles. The topological polar surface area (TPSA) is 92.8 Å². The second kappa shape index (κ2) is 8.68. The molecule has 0 saturated heterocycles. The highest BCUT2D eigenvalue weighted by Crippen LogP contribution is 2.31. The van der Waals surface area contributed by atoms with E-state index in [-0.39, 0.29) is 10.9 Å². The predicted octanol–water partition coefficient (Wildman–Crippen LogP) is 3.94. The van der Waals surface area contributed by atoms with Crippen molar-refractivity contribution < 1.29 is 13.0 Å². The highest BCUT2D eigenvalue weighted by molar-refractivity contribution is 8.14. The van der Waals surface area contributed by atoms with E-state index in [4.69, 9.17) is 10.7 Å². The zero-order chi connectivity index (χ0) is 20.3. The van der Waals surface area contributed by atoms with E-state index in [0.717, 1.165) is 29.2 Å². The van der Waals surface area contributed by atoms with E-state index in [0.29, 0.717) is 24.1 Å². The fraction of sp³-hybridized carbons (Fsp3) is 0.381. The Bertz CT molecular complexity index is 1000. The highest BCUT2D eigenvalue weighted by Gasteiger charge is 2.24. The van der Waals surface area contributed by atoms with Crippen molar-refractivity contribution >= 4 is 32.6 Å². The van der Waals surface area contributed by atoms with Crippen molar-refractivity contribution in [3.05, 3.63) is 58.7 Å². The Kier molecular flexibility index (Phi) is 6.47. The molecule has 0 amide bonds. The van der Waals surface area contributed by atoms with Crippen molar-refractivity contribution in [2.75, 3.05) is 11.5 Å². The lowest BCUT2D eigenvalue weighted by Crippen LogP contribution is -2.11. The maximum atomic E-state index is 11.8. The molecule has 0 aromatic heterocycles. The summed E-state index contributed by atoms with van der Waals surface area (Å²) in [7, 11) is -4.34. The Morgan fingerprint density at radius 2 is 1.93 bits per heavy atom. The number of anilines is 1. The summed E-state index contributed by atoms with van der Waals surface area (Å²) in [6, 6.07) is 11.8. The largest absolute Gasteiger partial charge is 0.398 e. The van der Waals surface area contributed by atoms with Gasteiger partial charge < -0.3 is 5.73 Å². The number of hydrogen-bond acceptors (Lipinski definition) is 5. The van der Waals surface area contributed by atoms with Gasteiger partial charge in [-0.25, -0.2) is 0 Å². The molecule has 1 atom stereocenters. The van der Waals surface area contributed by atoms with E-state index < -0.39 is 10.1 Å². The van der Waals surface area contributed by atoms with E-state index in [1.54, 1.807) is 17.8 Å². The van der Waals surface area contributed by atoms with Crippen LogP contribution < -0.4 is 5.73 Å². The first-order valence-electron chi connectivity index (χ1n) is 9.46. The van der Waals surface area contributed by atoms with Crippen molar-refractivity contribution in [3.8, 4) is 0 Å². The van der Waals surface area contributed by atoms with Crippen LogP contribution in [0.1, 0.15) is 36.1 Å². The average Bonchev–Trinajstić information content (AvgIpc) is 3.09. The lowest BCUT2D eigenvalue weighted by atomic mass is 10.0. The molecule has 1 heterocycles. The molecule has 0 bridgehead atoms. The van der Waals surface area contributed by atoms with Gasteiger partial charge in [-0.3, -0.25) is 9.55 Å². The Morgan fingerprint density at radius 1 is 1.18 bits per heavy atom. The Morgan fingerprint density at radius 3 is 2.61 bits per heavy atom. The zero-order valence-electron chi connectivity index (χ0n) is 16.2.